The molecule has 0 aliphatic heterocycles. The molecule has 4 N–H and O–H groups in total. The third kappa shape index (κ3) is 3.89. The molecule has 6 nitrogen and oxygen atoms in total. The number of pyridine rings is 1. The Hall–Kier alpha value is -1.82. The van der Waals surface area contributed by atoms with E-state index < -0.39 is 5.97 Å². The van der Waals surface area contributed by atoms with Crippen LogP contribution in [0.4, 0.5) is 11.5 Å². The molecule has 0 aromatic carbocycles. The third-order valence-corrected chi connectivity index (χ3v) is 2.66. The van der Waals surface area contributed by atoms with Gasteiger partial charge in [-0.25, -0.2) is 9.78 Å². The Kier molecular flexibility index (Phi) is 5.38. The van der Waals surface area contributed by atoms with Crippen molar-refractivity contribution in [3.63, 3.8) is 0 Å². The number of nitrogen functional groups attached to an aromatic ring is 1. The van der Waals surface area contributed by atoms with Crippen LogP contribution in [0.15, 0.2) is 12.3 Å². The van der Waals surface area contributed by atoms with Gasteiger partial charge in [0, 0.05) is 26.4 Å². The molecule has 100 valence electrons. The molecule has 0 unspecified atom stereocenters. The van der Waals surface area contributed by atoms with E-state index in [1.54, 1.807) is 0 Å². The predicted octanol–water partition coefficient (Wildman–Crippen LogP) is 0.961. The van der Waals surface area contributed by atoms with Gasteiger partial charge in [-0.3, -0.25) is 0 Å². The lowest BCUT2D eigenvalue weighted by molar-refractivity contribution is 0.0696. The maximum absolute atomic E-state index is 10.7. The summed E-state index contributed by atoms with van der Waals surface area (Å²) < 4.78 is 0. The zero-order valence-corrected chi connectivity index (χ0v) is 10.5. The van der Waals surface area contributed by atoms with Crippen LogP contribution in [-0.2, 0) is 0 Å². The van der Waals surface area contributed by atoms with Crippen LogP contribution in [0.25, 0.3) is 0 Å². The van der Waals surface area contributed by atoms with E-state index in [9.17, 15) is 4.79 Å². The number of aromatic nitrogens is 1. The molecule has 0 bridgehead atoms. The Labute approximate surface area is 106 Å². The number of unbranched alkanes of at least 4 members (excludes halogenated alkanes) is 2. The van der Waals surface area contributed by atoms with E-state index in [0.29, 0.717) is 11.5 Å². The maximum Gasteiger partial charge on any atom is 0.337 e. The maximum atomic E-state index is 10.7. The third-order valence-electron chi connectivity index (χ3n) is 2.66. The van der Waals surface area contributed by atoms with Gasteiger partial charge in [-0.1, -0.05) is 0 Å². The standard InChI is InChI=1S/C12H19N3O3/c1-15(5-3-2-4-6-16)11-10(13)7-9(8-14-11)12(17)18/h7-8,16H,2-6,13H2,1H3,(H,17,18). The average Bonchev–Trinajstić information content (AvgIpc) is 2.34. The SMILES string of the molecule is CN(CCCCCO)c1ncc(C(=O)O)cc1N. The number of carboxylic acids is 1. The van der Waals surface area contributed by atoms with Crippen molar-refractivity contribution in [2.75, 3.05) is 30.8 Å². The number of anilines is 2. The van der Waals surface area contributed by atoms with E-state index in [0.717, 1.165) is 25.8 Å². The van der Waals surface area contributed by atoms with Crippen LogP contribution in [0.1, 0.15) is 29.6 Å². The molecule has 0 atom stereocenters. The van der Waals surface area contributed by atoms with Gasteiger partial charge < -0.3 is 20.8 Å². The van der Waals surface area contributed by atoms with E-state index >= 15 is 0 Å². The van der Waals surface area contributed by atoms with Crippen LogP contribution in [-0.4, -0.2) is 41.4 Å². The van der Waals surface area contributed by atoms with E-state index in [1.165, 1.54) is 12.3 Å². The van der Waals surface area contributed by atoms with Gasteiger partial charge in [-0.2, -0.15) is 0 Å². The van der Waals surface area contributed by atoms with Crippen LogP contribution in [0.5, 0.6) is 0 Å². The second-order valence-electron chi connectivity index (χ2n) is 4.15. The fourth-order valence-electron chi connectivity index (χ4n) is 1.65. The van der Waals surface area contributed by atoms with E-state index in [-0.39, 0.29) is 12.2 Å². The van der Waals surface area contributed by atoms with Crippen molar-refractivity contribution in [2.24, 2.45) is 0 Å². The number of carboxylic acid groups (broad SMARTS) is 1. The van der Waals surface area contributed by atoms with Crippen LogP contribution < -0.4 is 10.6 Å². The molecule has 1 aromatic rings. The highest BCUT2D eigenvalue weighted by atomic mass is 16.4. The number of carbonyl (C=O) groups is 1. The Balaban J connectivity index is 2.62. The minimum absolute atomic E-state index is 0.0879. The molecular formula is C12H19N3O3. The zero-order valence-electron chi connectivity index (χ0n) is 10.5. The lowest BCUT2D eigenvalue weighted by Gasteiger charge is -2.19. The van der Waals surface area contributed by atoms with Crippen LogP contribution >= 0.6 is 0 Å². The summed E-state index contributed by atoms with van der Waals surface area (Å²) in [5, 5.41) is 17.5. The lowest BCUT2D eigenvalue weighted by atomic mass is 10.2. The largest absolute Gasteiger partial charge is 0.478 e. The molecule has 1 heterocycles. The molecule has 0 aliphatic carbocycles. The van der Waals surface area contributed by atoms with E-state index in [2.05, 4.69) is 4.98 Å². The van der Waals surface area contributed by atoms with Crippen molar-refractivity contribution in [2.45, 2.75) is 19.3 Å². The topological polar surface area (TPSA) is 99.7 Å². The fourth-order valence-corrected chi connectivity index (χ4v) is 1.65. The fraction of sp³-hybridized carbons (Fsp3) is 0.500. The number of rotatable bonds is 7. The Morgan fingerprint density at radius 3 is 2.72 bits per heavy atom. The van der Waals surface area contributed by atoms with E-state index in [1.807, 2.05) is 11.9 Å². The van der Waals surface area contributed by atoms with Crippen LogP contribution in [0, 0.1) is 0 Å². The highest BCUT2D eigenvalue weighted by Crippen LogP contribution is 2.20. The summed E-state index contributed by atoms with van der Waals surface area (Å²) in [6, 6.07) is 1.41. The first-order chi connectivity index (χ1) is 8.56. The number of aromatic carboxylic acids is 1. The first-order valence-electron chi connectivity index (χ1n) is 5.87. The van der Waals surface area contributed by atoms with Crippen molar-refractivity contribution in [3.05, 3.63) is 17.8 Å². The van der Waals surface area contributed by atoms with Crippen molar-refractivity contribution in [1.29, 1.82) is 0 Å². The number of hydrogen-bond acceptors (Lipinski definition) is 5. The number of aliphatic hydroxyl groups excluding tert-OH is 1. The highest BCUT2D eigenvalue weighted by molar-refractivity contribution is 5.89. The Morgan fingerprint density at radius 1 is 1.44 bits per heavy atom. The summed E-state index contributed by atoms with van der Waals surface area (Å²) in [6.45, 7) is 0.973. The summed E-state index contributed by atoms with van der Waals surface area (Å²) in [7, 11) is 1.86. The van der Waals surface area contributed by atoms with Gasteiger partial charge in [0.15, 0.2) is 5.82 Å². The zero-order chi connectivity index (χ0) is 13.5. The molecule has 1 aromatic heterocycles. The summed E-state index contributed by atoms with van der Waals surface area (Å²) in [6.07, 6.45) is 3.96. The molecular weight excluding hydrogens is 234 g/mol. The number of aliphatic hydroxyl groups is 1. The van der Waals surface area contributed by atoms with E-state index in [4.69, 9.17) is 15.9 Å². The smallest absolute Gasteiger partial charge is 0.337 e. The van der Waals surface area contributed by atoms with Gasteiger partial charge in [-0.15, -0.1) is 0 Å². The van der Waals surface area contributed by atoms with Gasteiger partial charge in [0.2, 0.25) is 0 Å². The highest BCUT2D eigenvalue weighted by Gasteiger charge is 2.10. The second kappa shape index (κ2) is 6.80. The van der Waals surface area contributed by atoms with Gasteiger partial charge in [0.25, 0.3) is 0 Å². The molecule has 0 saturated heterocycles. The molecule has 0 fully saturated rings. The van der Waals surface area contributed by atoms with Crippen LogP contribution in [0.3, 0.4) is 0 Å². The molecule has 6 heteroatoms. The van der Waals surface area contributed by atoms with Gasteiger partial charge in [0.1, 0.15) is 0 Å². The average molecular weight is 253 g/mol. The molecule has 0 aliphatic rings. The van der Waals surface area contributed by atoms with Crippen LogP contribution in [0.2, 0.25) is 0 Å². The minimum Gasteiger partial charge on any atom is -0.478 e. The minimum atomic E-state index is -1.04. The number of nitrogens with zero attached hydrogens (tertiary/aromatic N) is 2. The van der Waals surface area contributed by atoms with Crippen molar-refractivity contribution < 1.29 is 15.0 Å². The molecule has 0 amide bonds. The Morgan fingerprint density at radius 2 is 2.17 bits per heavy atom. The normalized spacial score (nSPS) is 10.3. The monoisotopic (exact) mass is 253 g/mol. The summed E-state index contributed by atoms with van der Waals surface area (Å²) >= 11 is 0. The van der Waals surface area contributed by atoms with Gasteiger partial charge >= 0.3 is 5.97 Å². The first kappa shape index (κ1) is 14.2. The summed E-state index contributed by atoms with van der Waals surface area (Å²) in [4.78, 5) is 16.7. The molecule has 0 saturated carbocycles. The quantitative estimate of drug-likeness (QED) is 0.626. The summed E-state index contributed by atoms with van der Waals surface area (Å²) in [5.41, 5.74) is 6.23. The van der Waals surface area contributed by atoms with Gasteiger partial charge in [-0.05, 0) is 25.3 Å². The second-order valence-corrected chi connectivity index (χ2v) is 4.15. The van der Waals surface area contributed by atoms with Gasteiger partial charge in [0.05, 0.1) is 11.3 Å². The summed E-state index contributed by atoms with van der Waals surface area (Å²) in [5.74, 6) is -0.449. The van der Waals surface area contributed by atoms with Crippen molar-refractivity contribution in [3.8, 4) is 0 Å². The molecule has 0 radical (unpaired) electrons. The number of hydrogen-bond donors (Lipinski definition) is 3. The Bertz CT molecular complexity index is 410. The molecule has 18 heavy (non-hydrogen) atoms. The number of nitrogens with two attached hydrogens (primary N) is 1. The predicted molar refractivity (Wildman–Crippen MR) is 69.8 cm³/mol. The molecule has 1 rings (SSSR count). The first-order valence-corrected chi connectivity index (χ1v) is 5.87. The lowest BCUT2D eigenvalue weighted by Crippen LogP contribution is -2.21. The van der Waals surface area contributed by atoms with Crippen molar-refractivity contribution >= 4 is 17.5 Å². The molecule has 0 spiro atoms. The van der Waals surface area contributed by atoms with Crippen molar-refractivity contribution in [1.82, 2.24) is 4.98 Å².